The van der Waals surface area contributed by atoms with E-state index in [1.54, 1.807) is 32.3 Å². The molecule has 3 rings (SSSR count). The van der Waals surface area contributed by atoms with Gasteiger partial charge in [0, 0.05) is 35.6 Å². The Balaban J connectivity index is 1.91. The Morgan fingerprint density at radius 3 is 2.57 bits per heavy atom. The van der Waals surface area contributed by atoms with Crippen LogP contribution in [0.4, 0.5) is 24.7 Å². The first-order valence-corrected chi connectivity index (χ1v) is 8.76. The Morgan fingerprint density at radius 1 is 1.13 bits per heavy atom. The molecule has 0 radical (unpaired) electrons. The Morgan fingerprint density at radius 2 is 1.90 bits per heavy atom. The van der Waals surface area contributed by atoms with Gasteiger partial charge in [-0.05, 0) is 37.3 Å². The van der Waals surface area contributed by atoms with Crippen molar-refractivity contribution in [1.29, 1.82) is 5.26 Å². The molecule has 9 heteroatoms. The number of rotatable bonds is 4. The highest BCUT2D eigenvalue weighted by atomic mass is 19.4. The lowest BCUT2D eigenvalue weighted by molar-refractivity contribution is -0.137. The number of nitriles is 1. The van der Waals surface area contributed by atoms with Crippen molar-refractivity contribution in [2.75, 3.05) is 17.7 Å². The molecule has 0 aliphatic rings. The van der Waals surface area contributed by atoms with Gasteiger partial charge in [0.05, 0.1) is 23.0 Å². The van der Waals surface area contributed by atoms with Crippen LogP contribution in [0.1, 0.15) is 27.2 Å². The third kappa shape index (κ3) is 4.38. The van der Waals surface area contributed by atoms with Crippen molar-refractivity contribution >= 4 is 17.4 Å². The molecule has 2 heterocycles. The zero-order valence-corrected chi connectivity index (χ0v) is 16.0. The molecule has 2 N–H and O–H groups in total. The number of alkyl halides is 3. The van der Waals surface area contributed by atoms with E-state index in [0.29, 0.717) is 33.9 Å². The molecule has 1 aromatic carbocycles. The third-order valence-electron chi connectivity index (χ3n) is 4.35. The van der Waals surface area contributed by atoms with Crippen molar-refractivity contribution < 1.29 is 18.0 Å². The lowest BCUT2D eigenvalue weighted by Crippen LogP contribution is -2.14. The monoisotopic (exact) mass is 411 g/mol. The number of hydrogen-bond acceptors (Lipinski definition) is 5. The Kier molecular flexibility index (Phi) is 5.69. The van der Waals surface area contributed by atoms with Gasteiger partial charge >= 0.3 is 6.18 Å². The zero-order valence-electron chi connectivity index (χ0n) is 16.0. The Bertz CT molecular complexity index is 1150. The fraction of sp³-hybridized carbons (Fsp3) is 0.143. The van der Waals surface area contributed by atoms with Crippen molar-refractivity contribution in [3.05, 3.63) is 71.2 Å². The number of carbonyl (C=O) groups is 1. The highest BCUT2D eigenvalue weighted by Gasteiger charge is 2.30. The van der Waals surface area contributed by atoms with Crippen molar-refractivity contribution in [1.82, 2.24) is 9.97 Å². The maximum absolute atomic E-state index is 12.9. The van der Waals surface area contributed by atoms with Crippen molar-refractivity contribution in [3.63, 3.8) is 0 Å². The zero-order chi connectivity index (χ0) is 21.9. The van der Waals surface area contributed by atoms with Crippen LogP contribution in [0.25, 0.3) is 11.1 Å². The summed E-state index contributed by atoms with van der Waals surface area (Å²) in [5, 5.41) is 14.7. The minimum atomic E-state index is -4.54. The van der Waals surface area contributed by atoms with Crippen LogP contribution in [0.3, 0.4) is 0 Å². The number of hydrogen-bond donors (Lipinski definition) is 2. The second-order valence-corrected chi connectivity index (χ2v) is 6.37. The van der Waals surface area contributed by atoms with Crippen LogP contribution in [-0.2, 0) is 6.18 Å². The lowest BCUT2D eigenvalue weighted by Gasteiger charge is -2.12. The molecule has 30 heavy (non-hydrogen) atoms. The van der Waals surface area contributed by atoms with Gasteiger partial charge in [-0.25, -0.2) is 4.98 Å². The molecule has 0 saturated heterocycles. The second kappa shape index (κ2) is 8.21. The summed E-state index contributed by atoms with van der Waals surface area (Å²) in [6.45, 7) is 1.76. The number of amides is 1. The Hall–Kier alpha value is -3.93. The molecule has 3 aromatic rings. The SMILES string of the molecule is CNc1ncc(-c2cc(NC(=O)c3cccc(C(F)(F)F)c3)cnc2C)cc1C#N. The van der Waals surface area contributed by atoms with Crippen LogP contribution in [0.2, 0.25) is 0 Å². The smallest absolute Gasteiger partial charge is 0.372 e. The molecule has 0 bridgehead atoms. The van der Waals surface area contributed by atoms with Crippen LogP contribution in [-0.4, -0.2) is 22.9 Å². The van der Waals surface area contributed by atoms with Gasteiger partial charge in [0.1, 0.15) is 11.9 Å². The normalized spacial score (nSPS) is 10.9. The van der Waals surface area contributed by atoms with E-state index in [2.05, 4.69) is 26.7 Å². The molecule has 0 aliphatic carbocycles. The van der Waals surface area contributed by atoms with Crippen LogP contribution < -0.4 is 10.6 Å². The number of nitrogens with zero attached hydrogens (tertiary/aromatic N) is 3. The molecular formula is C21H16F3N5O. The van der Waals surface area contributed by atoms with Crippen LogP contribution in [0.5, 0.6) is 0 Å². The maximum Gasteiger partial charge on any atom is 0.416 e. The molecule has 0 atom stereocenters. The molecule has 0 fully saturated rings. The van der Waals surface area contributed by atoms with Crippen molar-refractivity contribution in [3.8, 4) is 17.2 Å². The largest absolute Gasteiger partial charge is 0.416 e. The van der Waals surface area contributed by atoms with Gasteiger partial charge in [0.2, 0.25) is 0 Å². The van der Waals surface area contributed by atoms with Crippen LogP contribution in [0, 0.1) is 18.3 Å². The van der Waals surface area contributed by atoms with E-state index in [1.807, 2.05) is 0 Å². The first-order chi connectivity index (χ1) is 14.2. The van der Waals surface area contributed by atoms with E-state index in [-0.39, 0.29) is 5.56 Å². The number of nitrogens with one attached hydrogen (secondary N) is 2. The average Bonchev–Trinajstić information content (AvgIpc) is 2.74. The lowest BCUT2D eigenvalue weighted by atomic mass is 10.0. The molecule has 1 amide bonds. The summed E-state index contributed by atoms with van der Waals surface area (Å²) in [4.78, 5) is 20.9. The predicted molar refractivity (Wildman–Crippen MR) is 106 cm³/mol. The summed E-state index contributed by atoms with van der Waals surface area (Å²) in [6.07, 6.45) is -1.57. The number of aryl methyl sites for hydroxylation is 1. The number of halogens is 3. The minimum absolute atomic E-state index is 0.126. The number of carbonyl (C=O) groups excluding carboxylic acids is 1. The van der Waals surface area contributed by atoms with Crippen LogP contribution in [0.15, 0.2) is 48.8 Å². The summed E-state index contributed by atoms with van der Waals surface area (Å²) in [7, 11) is 1.65. The van der Waals surface area contributed by atoms with Crippen molar-refractivity contribution in [2.24, 2.45) is 0 Å². The number of pyridine rings is 2. The topological polar surface area (TPSA) is 90.7 Å². The predicted octanol–water partition coefficient (Wildman–Crippen LogP) is 4.64. The molecular weight excluding hydrogens is 395 g/mol. The van der Waals surface area contributed by atoms with Gasteiger partial charge in [-0.1, -0.05) is 6.07 Å². The molecule has 0 unspecified atom stereocenters. The minimum Gasteiger partial charge on any atom is -0.372 e. The van der Waals surface area contributed by atoms with E-state index in [0.717, 1.165) is 12.1 Å². The highest BCUT2D eigenvalue weighted by molar-refractivity contribution is 6.04. The van der Waals surface area contributed by atoms with Gasteiger partial charge < -0.3 is 10.6 Å². The van der Waals surface area contributed by atoms with Crippen molar-refractivity contribution in [2.45, 2.75) is 13.1 Å². The molecule has 2 aromatic heterocycles. The summed E-state index contributed by atoms with van der Waals surface area (Å²) < 4.78 is 38.7. The fourth-order valence-corrected chi connectivity index (χ4v) is 2.83. The molecule has 152 valence electrons. The summed E-state index contributed by atoms with van der Waals surface area (Å²) in [6, 6.07) is 9.49. The van der Waals surface area contributed by atoms with E-state index >= 15 is 0 Å². The molecule has 0 aliphatic heterocycles. The maximum atomic E-state index is 12.9. The average molecular weight is 411 g/mol. The van der Waals surface area contributed by atoms with E-state index in [4.69, 9.17) is 0 Å². The van der Waals surface area contributed by atoms with E-state index in [1.165, 1.54) is 18.3 Å². The van der Waals surface area contributed by atoms with Gasteiger partial charge in [0.25, 0.3) is 5.91 Å². The summed E-state index contributed by atoms with van der Waals surface area (Å²) >= 11 is 0. The van der Waals surface area contributed by atoms with Gasteiger partial charge in [-0.3, -0.25) is 9.78 Å². The van der Waals surface area contributed by atoms with Gasteiger partial charge in [-0.15, -0.1) is 0 Å². The second-order valence-electron chi connectivity index (χ2n) is 6.37. The van der Waals surface area contributed by atoms with Gasteiger partial charge in [-0.2, -0.15) is 18.4 Å². The highest BCUT2D eigenvalue weighted by Crippen LogP contribution is 2.30. The number of anilines is 2. The fourth-order valence-electron chi connectivity index (χ4n) is 2.83. The van der Waals surface area contributed by atoms with E-state index in [9.17, 15) is 23.2 Å². The quantitative estimate of drug-likeness (QED) is 0.653. The van der Waals surface area contributed by atoms with Gasteiger partial charge in [0.15, 0.2) is 0 Å². The third-order valence-corrected chi connectivity index (χ3v) is 4.35. The van der Waals surface area contributed by atoms with Crippen LogP contribution >= 0.6 is 0 Å². The van der Waals surface area contributed by atoms with E-state index < -0.39 is 17.6 Å². The molecule has 0 saturated carbocycles. The first kappa shape index (κ1) is 20.8. The molecule has 6 nitrogen and oxygen atoms in total. The number of benzene rings is 1. The first-order valence-electron chi connectivity index (χ1n) is 8.76. The summed E-state index contributed by atoms with van der Waals surface area (Å²) in [5.74, 6) is -0.264. The standard InChI is InChI=1S/C21H16F3N5O/c1-12-18(15-6-14(9-25)19(26-2)28-10-15)8-17(11-27-12)29-20(30)13-4-3-5-16(7-13)21(22,23)24/h3-8,10-11H,1-2H3,(H,26,28)(H,29,30). The number of aromatic nitrogens is 2. The summed E-state index contributed by atoms with van der Waals surface area (Å²) in [5.41, 5.74) is 1.49. The molecule has 0 spiro atoms. The Labute approximate surface area is 170 Å².